The highest BCUT2D eigenvalue weighted by molar-refractivity contribution is 4.57. The molecule has 0 N–H and O–H groups in total. The van der Waals surface area contributed by atoms with Crippen molar-refractivity contribution in [2.24, 2.45) is 5.92 Å². The van der Waals surface area contributed by atoms with E-state index in [0.29, 0.717) is 0 Å². The first-order chi connectivity index (χ1) is 6.56. The van der Waals surface area contributed by atoms with Gasteiger partial charge < -0.3 is 9.80 Å². The van der Waals surface area contributed by atoms with E-state index in [9.17, 15) is 0 Å². The van der Waals surface area contributed by atoms with Crippen LogP contribution in [0.25, 0.3) is 0 Å². The molecule has 0 aliphatic rings. The van der Waals surface area contributed by atoms with Gasteiger partial charge in [-0.1, -0.05) is 20.8 Å². The molecule has 0 saturated heterocycles. The second-order valence-corrected chi connectivity index (χ2v) is 4.81. The fourth-order valence-electron chi connectivity index (χ4n) is 1.82. The summed E-state index contributed by atoms with van der Waals surface area (Å²) in [4.78, 5) is 4.85. The summed E-state index contributed by atoms with van der Waals surface area (Å²) in [6.45, 7) is 11.7. The van der Waals surface area contributed by atoms with E-state index < -0.39 is 0 Å². The Labute approximate surface area is 90.3 Å². The third kappa shape index (κ3) is 8.52. The van der Waals surface area contributed by atoms with Crippen LogP contribution in [0.5, 0.6) is 0 Å². The fraction of sp³-hybridized carbons (Fsp3) is 1.00. The molecule has 0 fully saturated rings. The van der Waals surface area contributed by atoms with Crippen molar-refractivity contribution in [1.82, 2.24) is 9.80 Å². The highest BCUT2D eigenvalue weighted by atomic mass is 15.1. The molecule has 0 spiro atoms. The monoisotopic (exact) mass is 200 g/mol. The van der Waals surface area contributed by atoms with Gasteiger partial charge in [0.1, 0.15) is 0 Å². The van der Waals surface area contributed by atoms with Gasteiger partial charge in [-0.2, -0.15) is 0 Å². The number of hydrogen-bond acceptors (Lipinski definition) is 2. The molecule has 0 unspecified atom stereocenters. The fourth-order valence-corrected chi connectivity index (χ4v) is 1.82. The lowest BCUT2D eigenvalue weighted by Crippen LogP contribution is -2.28. The Morgan fingerprint density at radius 2 is 1.50 bits per heavy atom. The molecule has 0 bridgehead atoms. The molecular formula is C12H28N2. The molecule has 0 radical (unpaired) electrons. The third-order valence-electron chi connectivity index (χ3n) is 2.36. The molecule has 14 heavy (non-hydrogen) atoms. The largest absolute Gasteiger partial charge is 0.306 e. The van der Waals surface area contributed by atoms with Crippen molar-refractivity contribution in [3.05, 3.63) is 0 Å². The molecule has 2 nitrogen and oxygen atoms in total. The van der Waals surface area contributed by atoms with E-state index >= 15 is 0 Å². The van der Waals surface area contributed by atoms with E-state index in [1.54, 1.807) is 0 Å². The zero-order valence-electron chi connectivity index (χ0n) is 10.7. The van der Waals surface area contributed by atoms with Crippen LogP contribution >= 0.6 is 0 Å². The van der Waals surface area contributed by atoms with Crippen LogP contribution in [0.15, 0.2) is 0 Å². The number of hydrogen-bond donors (Lipinski definition) is 0. The molecule has 0 saturated carbocycles. The molecular weight excluding hydrogens is 172 g/mol. The maximum absolute atomic E-state index is 2.43. The summed E-state index contributed by atoms with van der Waals surface area (Å²) in [5, 5.41) is 0. The third-order valence-corrected chi connectivity index (χ3v) is 2.36. The quantitative estimate of drug-likeness (QED) is 0.593. The van der Waals surface area contributed by atoms with E-state index in [1.165, 1.54) is 39.0 Å². The van der Waals surface area contributed by atoms with Gasteiger partial charge in [-0.15, -0.1) is 0 Å². The molecule has 0 atom stereocenters. The minimum absolute atomic E-state index is 0.786. The predicted molar refractivity (Wildman–Crippen MR) is 64.7 cm³/mol. The zero-order chi connectivity index (χ0) is 11.0. The summed E-state index contributed by atoms with van der Waals surface area (Å²) in [6, 6.07) is 0. The van der Waals surface area contributed by atoms with Gasteiger partial charge in [-0.05, 0) is 52.5 Å². The molecule has 86 valence electrons. The van der Waals surface area contributed by atoms with Gasteiger partial charge >= 0.3 is 0 Å². The summed E-state index contributed by atoms with van der Waals surface area (Å²) >= 11 is 0. The maximum Gasteiger partial charge on any atom is 0.000134 e. The molecule has 0 heterocycles. The van der Waals surface area contributed by atoms with Gasteiger partial charge in [0.2, 0.25) is 0 Å². The molecule has 0 aromatic carbocycles. The molecule has 0 aromatic rings. The lowest BCUT2D eigenvalue weighted by molar-refractivity contribution is 0.260. The molecule has 0 aromatic heterocycles. The van der Waals surface area contributed by atoms with Crippen molar-refractivity contribution in [3.63, 3.8) is 0 Å². The summed E-state index contributed by atoms with van der Waals surface area (Å²) in [6.07, 6.45) is 2.55. The van der Waals surface area contributed by atoms with Crippen LogP contribution in [-0.4, -0.2) is 50.1 Å². The zero-order valence-corrected chi connectivity index (χ0v) is 10.7. The number of rotatable bonds is 8. The Morgan fingerprint density at radius 1 is 0.929 bits per heavy atom. The van der Waals surface area contributed by atoms with Gasteiger partial charge in [0, 0.05) is 6.54 Å². The van der Waals surface area contributed by atoms with Gasteiger partial charge in [-0.3, -0.25) is 0 Å². The SMILES string of the molecule is CCCN(C)CCCN(C)CC(C)C. The van der Waals surface area contributed by atoms with Crippen LogP contribution in [-0.2, 0) is 0 Å². The number of nitrogens with zero attached hydrogens (tertiary/aromatic N) is 2. The first-order valence-corrected chi connectivity index (χ1v) is 5.93. The highest BCUT2D eigenvalue weighted by Gasteiger charge is 2.02. The van der Waals surface area contributed by atoms with Gasteiger partial charge in [0.25, 0.3) is 0 Å². The minimum Gasteiger partial charge on any atom is -0.306 e. The van der Waals surface area contributed by atoms with Gasteiger partial charge in [-0.25, -0.2) is 0 Å². The summed E-state index contributed by atoms with van der Waals surface area (Å²) in [5.41, 5.74) is 0. The normalized spacial score (nSPS) is 12.0. The van der Waals surface area contributed by atoms with Crippen LogP contribution in [0.2, 0.25) is 0 Å². The Balaban J connectivity index is 3.34. The van der Waals surface area contributed by atoms with E-state index in [1.807, 2.05) is 0 Å². The molecule has 0 amide bonds. The second-order valence-electron chi connectivity index (χ2n) is 4.81. The first kappa shape index (κ1) is 13.9. The van der Waals surface area contributed by atoms with E-state index in [4.69, 9.17) is 0 Å². The Hall–Kier alpha value is -0.0800. The van der Waals surface area contributed by atoms with Crippen LogP contribution in [0.1, 0.15) is 33.6 Å². The van der Waals surface area contributed by atoms with Crippen molar-refractivity contribution in [2.45, 2.75) is 33.6 Å². The van der Waals surface area contributed by atoms with Crippen LogP contribution in [0.3, 0.4) is 0 Å². The van der Waals surface area contributed by atoms with Crippen LogP contribution < -0.4 is 0 Å². The smallest absolute Gasteiger partial charge is 0.000134 e. The molecule has 0 aliphatic carbocycles. The average Bonchev–Trinajstić information content (AvgIpc) is 2.02. The van der Waals surface area contributed by atoms with Crippen molar-refractivity contribution < 1.29 is 0 Å². The van der Waals surface area contributed by atoms with E-state index in [-0.39, 0.29) is 0 Å². The minimum atomic E-state index is 0.786. The lowest BCUT2D eigenvalue weighted by atomic mass is 10.2. The van der Waals surface area contributed by atoms with E-state index in [0.717, 1.165) is 5.92 Å². The standard InChI is InChI=1S/C12H28N2/c1-6-8-13(4)9-7-10-14(5)11-12(2)3/h12H,6-11H2,1-5H3. The van der Waals surface area contributed by atoms with Crippen molar-refractivity contribution in [1.29, 1.82) is 0 Å². The Bertz CT molecular complexity index is 123. The Kier molecular flexibility index (Phi) is 8.20. The van der Waals surface area contributed by atoms with Crippen LogP contribution in [0, 0.1) is 5.92 Å². The van der Waals surface area contributed by atoms with E-state index in [2.05, 4.69) is 44.7 Å². The van der Waals surface area contributed by atoms with Crippen molar-refractivity contribution >= 4 is 0 Å². The summed E-state index contributed by atoms with van der Waals surface area (Å²) in [5.74, 6) is 0.786. The highest BCUT2D eigenvalue weighted by Crippen LogP contribution is 1.97. The summed E-state index contributed by atoms with van der Waals surface area (Å²) < 4.78 is 0. The van der Waals surface area contributed by atoms with Gasteiger partial charge in [0.15, 0.2) is 0 Å². The van der Waals surface area contributed by atoms with Gasteiger partial charge in [0.05, 0.1) is 0 Å². The summed E-state index contributed by atoms with van der Waals surface area (Å²) in [7, 11) is 4.44. The van der Waals surface area contributed by atoms with Crippen molar-refractivity contribution in [3.8, 4) is 0 Å². The van der Waals surface area contributed by atoms with Crippen molar-refractivity contribution in [2.75, 3.05) is 40.3 Å². The topological polar surface area (TPSA) is 6.48 Å². The second kappa shape index (κ2) is 8.25. The predicted octanol–water partition coefficient (Wildman–Crippen LogP) is 2.31. The molecule has 0 rings (SSSR count). The molecule has 2 heteroatoms. The van der Waals surface area contributed by atoms with Crippen LogP contribution in [0.4, 0.5) is 0 Å². The molecule has 0 aliphatic heterocycles. The average molecular weight is 200 g/mol. The first-order valence-electron chi connectivity index (χ1n) is 5.93. The lowest BCUT2D eigenvalue weighted by Gasteiger charge is -2.21. The Morgan fingerprint density at radius 3 is 2.00 bits per heavy atom. The maximum atomic E-state index is 2.43.